The van der Waals surface area contributed by atoms with E-state index in [-0.39, 0.29) is 5.15 Å². The van der Waals surface area contributed by atoms with E-state index in [4.69, 9.17) is 11.6 Å². The number of hydrogen-bond acceptors (Lipinski definition) is 3. The number of unbranched alkanes of at least 4 members (excludes halogenated alkanes) is 4. The van der Waals surface area contributed by atoms with E-state index in [1.165, 1.54) is 25.7 Å². The Hall–Kier alpha value is -1.14. The molecule has 0 aromatic carbocycles. The van der Waals surface area contributed by atoms with Crippen LogP contribution in [0.4, 0.5) is 0 Å². The molecule has 0 N–H and O–H groups in total. The molecule has 0 saturated carbocycles. The van der Waals surface area contributed by atoms with Crippen molar-refractivity contribution in [3.8, 4) is 6.07 Å². The van der Waals surface area contributed by atoms with Gasteiger partial charge >= 0.3 is 0 Å². The molecule has 0 fully saturated rings. The van der Waals surface area contributed by atoms with Crippen molar-refractivity contribution in [2.24, 2.45) is 0 Å². The van der Waals surface area contributed by atoms with Gasteiger partial charge in [0, 0.05) is 0 Å². The molecule has 0 aliphatic carbocycles. The Morgan fingerprint density at radius 3 is 2.21 bits per heavy atom. The van der Waals surface area contributed by atoms with E-state index in [9.17, 15) is 5.26 Å². The summed E-state index contributed by atoms with van der Waals surface area (Å²) in [5.74, 6) is 0. The highest BCUT2D eigenvalue weighted by Gasteiger charge is 2.14. The number of aryl methyl sites for hydroxylation is 1. The van der Waals surface area contributed by atoms with Crippen LogP contribution in [0.2, 0.25) is 5.15 Å². The zero-order chi connectivity index (χ0) is 14.1. The maximum Gasteiger partial charge on any atom is 0.169 e. The Morgan fingerprint density at radius 1 is 1.00 bits per heavy atom. The lowest BCUT2D eigenvalue weighted by Gasteiger charge is -2.10. The van der Waals surface area contributed by atoms with Gasteiger partial charge in [0.2, 0.25) is 0 Å². The first-order chi connectivity index (χ1) is 9.24. The van der Waals surface area contributed by atoms with Gasteiger partial charge in [-0.25, -0.2) is 0 Å². The van der Waals surface area contributed by atoms with Crippen LogP contribution in [0.15, 0.2) is 0 Å². The molecule has 0 amide bonds. The first-order valence-electron chi connectivity index (χ1n) is 7.18. The average molecular weight is 280 g/mol. The molecular formula is C15H22ClN3. The Morgan fingerprint density at radius 2 is 1.63 bits per heavy atom. The molecule has 19 heavy (non-hydrogen) atoms. The first kappa shape index (κ1) is 15.9. The number of hydrogen-bond donors (Lipinski definition) is 0. The molecule has 0 unspecified atom stereocenters. The molecule has 0 spiro atoms. The zero-order valence-electron chi connectivity index (χ0n) is 11.9. The van der Waals surface area contributed by atoms with Crippen molar-refractivity contribution in [3.05, 3.63) is 22.0 Å². The second kappa shape index (κ2) is 8.87. The van der Waals surface area contributed by atoms with Crippen LogP contribution < -0.4 is 0 Å². The highest BCUT2D eigenvalue weighted by atomic mass is 35.5. The zero-order valence-corrected chi connectivity index (χ0v) is 12.6. The van der Waals surface area contributed by atoms with Gasteiger partial charge in [-0.15, -0.1) is 5.10 Å². The van der Waals surface area contributed by atoms with Crippen molar-refractivity contribution in [2.45, 2.75) is 65.2 Å². The Bertz CT molecular complexity index is 438. The van der Waals surface area contributed by atoms with Gasteiger partial charge in [-0.2, -0.15) is 10.4 Å². The fraction of sp³-hybridized carbons (Fsp3) is 0.667. The SMILES string of the molecule is CCCCCc1nnc(Cl)c(C#N)c1CCCCC. The van der Waals surface area contributed by atoms with Crippen molar-refractivity contribution in [3.63, 3.8) is 0 Å². The lowest BCUT2D eigenvalue weighted by atomic mass is 9.99. The van der Waals surface area contributed by atoms with E-state index in [1.807, 2.05) is 0 Å². The van der Waals surface area contributed by atoms with Gasteiger partial charge in [-0.05, 0) is 31.2 Å². The number of nitrogens with zero attached hydrogens (tertiary/aromatic N) is 3. The number of halogens is 1. The minimum Gasteiger partial charge on any atom is -0.192 e. The minimum absolute atomic E-state index is 0.244. The molecule has 1 aromatic heterocycles. The van der Waals surface area contributed by atoms with Gasteiger partial charge < -0.3 is 0 Å². The number of aromatic nitrogens is 2. The molecule has 1 heterocycles. The number of rotatable bonds is 8. The maximum atomic E-state index is 9.25. The van der Waals surface area contributed by atoms with Crippen LogP contribution in [-0.4, -0.2) is 10.2 Å². The van der Waals surface area contributed by atoms with Crippen LogP contribution in [0.1, 0.15) is 69.2 Å². The molecule has 1 aromatic rings. The van der Waals surface area contributed by atoms with E-state index in [0.29, 0.717) is 5.56 Å². The van der Waals surface area contributed by atoms with Crippen LogP contribution >= 0.6 is 11.6 Å². The van der Waals surface area contributed by atoms with Crippen LogP contribution in [-0.2, 0) is 12.8 Å². The summed E-state index contributed by atoms with van der Waals surface area (Å²) >= 11 is 5.98. The van der Waals surface area contributed by atoms with Gasteiger partial charge in [-0.3, -0.25) is 0 Å². The molecule has 0 radical (unpaired) electrons. The Labute approximate surface area is 121 Å². The summed E-state index contributed by atoms with van der Waals surface area (Å²) in [4.78, 5) is 0. The highest BCUT2D eigenvalue weighted by Crippen LogP contribution is 2.22. The molecular weight excluding hydrogens is 258 g/mol. The predicted molar refractivity (Wildman–Crippen MR) is 78.2 cm³/mol. The lowest BCUT2D eigenvalue weighted by Crippen LogP contribution is -2.05. The van der Waals surface area contributed by atoms with Crippen LogP contribution in [0.5, 0.6) is 0 Å². The van der Waals surface area contributed by atoms with Crippen molar-refractivity contribution >= 4 is 11.6 Å². The van der Waals surface area contributed by atoms with Gasteiger partial charge in [0.25, 0.3) is 0 Å². The van der Waals surface area contributed by atoms with E-state index in [2.05, 4.69) is 30.1 Å². The van der Waals surface area contributed by atoms with E-state index < -0.39 is 0 Å². The molecule has 0 aliphatic rings. The lowest BCUT2D eigenvalue weighted by molar-refractivity contribution is 0.673. The summed E-state index contributed by atoms with van der Waals surface area (Å²) in [7, 11) is 0. The molecule has 104 valence electrons. The summed E-state index contributed by atoms with van der Waals surface area (Å²) in [5.41, 5.74) is 2.51. The second-order valence-corrected chi connectivity index (χ2v) is 5.18. The van der Waals surface area contributed by atoms with Crippen LogP contribution in [0.3, 0.4) is 0 Å². The van der Waals surface area contributed by atoms with Crippen molar-refractivity contribution in [1.82, 2.24) is 10.2 Å². The predicted octanol–water partition coefficient (Wildman–Crippen LogP) is 4.47. The fourth-order valence-corrected chi connectivity index (χ4v) is 2.36. The third-order valence-electron chi connectivity index (χ3n) is 3.27. The van der Waals surface area contributed by atoms with E-state index >= 15 is 0 Å². The summed E-state index contributed by atoms with van der Waals surface area (Å²) in [6, 6.07) is 2.19. The minimum atomic E-state index is 0.244. The molecule has 0 atom stereocenters. The standard InChI is InChI=1S/C15H22ClN3/c1-3-5-7-9-12-13(11-17)15(16)19-18-14(12)10-8-6-4-2/h3-10H2,1-2H3. The Balaban J connectivity index is 2.91. The third kappa shape index (κ3) is 4.80. The maximum absolute atomic E-state index is 9.25. The fourth-order valence-electron chi connectivity index (χ4n) is 2.16. The average Bonchev–Trinajstić information content (AvgIpc) is 2.41. The van der Waals surface area contributed by atoms with Crippen molar-refractivity contribution in [1.29, 1.82) is 5.26 Å². The highest BCUT2D eigenvalue weighted by molar-refractivity contribution is 6.30. The smallest absolute Gasteiger partial charge is 0.169 e. The monoisotopic (exact) mass is 279 g/mol. The quantitative estimate of drug-likeness (QED) is 0.660. The van der Waals surface area contributed by atoms with E-state index in [0.717, 1.165) is 36.9 Å². The Kier molecular flexibility index (Phi) is 7.43. The van der Waals surface area contributed by atoms with Gasteiger partial charge in [0.15, 0.2) is 5.15 Å². The summed E-state index contributed by atoms with van der Waals surface area (Å²) < 4.78 is 0. The second-order valence-electron chi connectivity index (χ2n) is 4.82. The van der Waals surface area contributed by atoms with Crippen molar-refractivity contribution in [2.75, 3.05) is 0 Å². The first-order valence-corrected chi connectivity index (χ1v) is 7.56. The molecule has 4 heteroatoms. The third-order valence-corrected chi connectivity index (χ3v) is 3.54. The molecule has 0 saturated heterocycles. The molecule has 1 rings (SSSR count). The molecule has 0 bridgehead atoms. The molecule has 0 aliphatic heterocycles. The largest absolute Gasteiger partial charge is 0.192 e. The summed E-state index contributed by atoms with van der Waals surface area (Å²) in [5, 5.41) is 17.6. The van der Waals surface area contributed by atoms with Gasteiger partial charge in [-0.1, -0.05) is 51.1 Å². The van der Waals surface area contributed by atoms with Gasteiger partial charge in [0.05, 0.1) is 11.3 Å². The molecule has 3 nitrogen and oxygen atoms in total. The summed E-state index contributed by atoms with van der Waals surface area (Å²) in [6.45, 7) is 4.35. The van der Waals surface area contributed by atoms with Crippen molar-refractivity contribution < 1.29 is 0 Å². The van der Waals surface area contributed by atoms with Crippen LogP contribution in [0.25, 0.3) is 0 Å². The normalized spacial score (nSPS) is 10.4. The number of nitriles is 1. The van der Waals surface area contributed by atoms with Crippen LogP contribution in [0, 0.1) is 11.3 Å². The topological polar surface area (TPSA) is 49.6 Å². The van der Waals surface area contributed by atoms with E-state index in [1.54, 1.807) is 0 Å². The van der Waals surface area contributed by atoms with Gasteiger partial charge in [0.1, 0.15) is 6.07 Å². The summed E-state index contributed by atoms with van der Waals surface area (Å²) in [6.07, 6.45) is 8.64.